The molecule has 0 unspecified atom stereocenters. The zero-order valence-corrected chi connectivity index (χ0v) is 14.2. The number of aliphatic imine (C=N–C) groups is 1. The van der Waals surface area contributed by atoms with Crippen LogP contribution in [-0.2, 0) is 12.8 Å². The van der Waals surface area contributed by atoms with E-state index >= 15 is 0 Å². The number of nitrogens with zero attached hydrogens (tertiary/aromatic N) is 1. The summed E-state index contributed by atoms with van der Waals surface area (Å²) in [6.07, 6.45) is 1.64. The Morgan fingerprint density at radius 2 is 1.96 bits per heavy atom. The lowest BCUT2D eigenvalue weighted by Crippen LogP contribution is -2.16. The fourth-order valence-corrected chi connectivity index (χ4v) is 3.24. The standard InChI is InChI=1S/C20H17NO2.ClH/c1-13-6-7-19-17(10-13)15(12-20(22)23-19)11-18-16-5-3-2-4-14(16)8-9-21-18;/h2-7,10,12H,8-9,11H2,1H3;1H. The summed E-state index contributed by atoms with van der Waals surface area (Å²) in [5.74, 6) is 0. The van der Waals surface area contributed by atoms with E-state index in [-0.39, 0.29) is 18.0 Å². The largest absolute Gasteiger partial charge is 0.423 e. The highest BCUT2D eigenvalue weighted by atomic mass is 35.5. The third-order valence-corrected chi connectivity index (χ3v) is 4.35. The topological polar surface area (TPSA) is 42.6 Å². The van der Waals surface area contributed by atoms with Crippen LogP contribution >= 0.6 is 12.4 Å². The second kappa shape index (κ2) is 6.62. The van der Waals surface area contributed by atoms with Gasteiger partial charge in [0.15, 0.2) is 0 Å². The normalized spacial score (nSPS) is 13.1. The summed E-state index contributed by atoms with van der Waals surface area (Å²) in [5, 5.41) is 0.996. The van der Waals surface area contributed by atoms with Gasteiger partial charge in [-0.05, 0) is 42.2 Å². The Hall–Kier alpha value is -2.39. The first-order valence-corrected chi connectivity index (χ1v) is 7.86. The molecule has 0 spiro atoms. The summed E-state index contributed by atoms with van der Waals surface area (Å²) in [6.45, 7) is 2.85. The van der Waals surface area contributed by atoms with Crippen LogP contribution in [0.5, 0.6) is 0 Å². The number of benzene rings is 2. The Kier molecular flexibility index (Phi) is 4.54. The van der Waals surface area contributed by atoms with Gasteiger partial charge in [0, 0.05) is 30.1 Å². The average Bonchev–Trinajstić information content (AvgIpc) is 2.56. The van der Waals surface area contributed by atoms with E-state index in [0.29, 0.717) is 12.0 Å². The first-order valence-electron chi connectivity index (χ1n) is 7.86. The maximum atomic E-state index is 11.9. The molecule has 0 aliphatic carbocycles. The van der Waals surface area contributed by atoms with Gasteiger partial charge in [-0.2, -0.15) is 0 Å². The van der Waals surface area contributed by atoms with Gasteiger partial charge in [0.25, 0.3) is 0 Å². The van der Waals surface area contributed by atoms with Gasteiger partial charge in [0.05, 0.1) is 0 Å². The Morgan fingerprint density at radius 1 is 1.12 bits per heavy atom. The molecule has 3 nitrogen and oxygen atoms in total. The van der Waals surface area contributed by atoms with Crippen LogP contribution < -0.4 is 5.63 Å². The quantitative estimate of drug-likeness (QED) is 0.659. The molecule has 3 aromatic rings. The van der Waals surface area contributed by atoms with E-state index < -0.39 is 0 Å². The monoisotopic (exact) mass is 339 g/mol. The van der Waals surface area contributed by atoms with Gasteiger partial charge in [0.1, 0.15) is 5.58 Å². The van der Waals surface area contributed by atoms with Crippen LogP contribution in [0.2, 0.25) is 0 Å². The lowest BCUT2D eigenvalue weighted by Gasteiger charge is -2.17. The van der Waals surface area contributed by atoms with E-state index in [9.17, 15) is 4.79 Å². The number of hydrogen-bond acceptors (Lipinski definition) is 3. The van der Waals surface area contributed by atoms with E-state index in [1.54, 1.807) is 6.07 Å². The summed E-state index contributed by atoms with van der Waals surface area (Å²) in [6, 6.07) is 15.9. The minimum absolute atomic E-state index is 0. The molecule has 2 aromatic carbocycles. The molecule has 0 amide bonds. The average molecular weight is 340 g/mol. The van der Waals surface area contributed by atoms with Gasteiger partial charge >= 0.3 is 5.63 Å². The number of rotatable bonds is 2. The molecule has 122 valence electrons. The summed E-state index contributed by atoms with van der Waals surface area (Å²) in [7, 11) is 0. The van der Waals surface area contributed by atoms with Crippen molar-refractivity contribution >= 4 is 29.1 Å². The molecule has 1 aromatic heterocycles. The molecule has 1 aliphatic rings. The highest BCUT2D eigenvalue weighted by Crippen LogP contribution is 2.23. The minimum Gasteiger partial charge on any atom is -0.423 e. The van der Waals surface area contributed by atoms with Crippen molar-refractivity contribution in [3.05, 3.63) is 81.2 Å². The van der Waals surface area contributed by atoms with Gasteiger partial charge in [-0.1, -0.05) is 35.9 Å². The zero-order chi connectivity index (χ0) is 15.8. The molecule has 0 bridgehead atoms. The van der Waals surface area contributed by atoms with Crippen molar-refractivity contribution < 1.29 is 4.42 Å². The van der Waals surface area contributed by atoms with Gasteiger partial charge in [-0.3, -0.25) is 4.99 Å². The molecule has 4 rings (SSSR count). The number of halogens is 1. The van der Waals surface area contributed by atoms with Gasteiger partial charge < -0.3 is 4.42 Å². The fraction of sp³-hybridized carbons (Fsp3) is 0.200. The minimum atomic E-state index is -0.305. The number of fused-ring (bicyclic) bond motifs is 2. The molecule has 24 heavy (non-hydrogen) atoms. The van der Waals surface area contributed by atoms with Gasteiger partial charge in [0.2, 0.25) is 0 Å². The van der Waals surface area contributed by atoms with Crippen molar-refractivity contribution in [3.8, 4) is 0 Å². The maximum absolute atomic E-state index is 11.9. The Morgan fingerprint density at radius 3 is 2.83 bits per heavy atom. The molecular weight excluding hydrogens is 322 g/mol. The van der Waals surface area contributed by atoms with Crippen LogP contribution in [0.4, 0.5) is 0 Å². The molecule has 0 fully saturated rings. The van der Waals surface area contributed by atoms with Crippen molar-refractivity contribution in [2.24, 2.45) is 4.99 Å². The third kappa shape index (κ3) is 3.00. The highest BCUT2D eigenvalue weighted by molar-refractivity contribution is 6.05. The predicted octanol–water partition coefficient (Wildman–Crippen LogP) is 4.11. The van der Waals surface area contributed by atoms with Crippen molar-refractivity contribution in [1.29, 1.82) is 0 Å². The highest BCUT2D eigenvalue weighted by Gasteiger charge is 2.16. The molecule has 2 heterocycles. The third-order valence-electron chi connectivity index (χ3n) is 4.35. The van der Waals surface area contributed by atoms with Gasteiger partial charge in [-0.15, -0.1) is 12.4 Å². The van der Waals surface area contributed by atoms with E-state index in [1.807, 2.05) is 25.1 Å². The zero-order valence-electron chi connectivity index (χ0n) is 13.4. The van der Waals surface area contributed by atoms with Crippen LogP contribution in [0.1, 0.15) is 22.3 Å². The lowest BCUT2D eigenvalue weighted by molar-refractivity contribution is 0.559. The molecule has 0 radical (unpaired) electrons. The molecule has 0 atom stereocenters. The van der Waals surface area contributed by atoms with Crippen molar-refractivity contribution in [3.63, 3.8) is 0 Å². The summed E-state index contributed by atoms with van der Waals surface area (Å²) < 4.78 is 5.32. The molecular formula is C20H18ClNO2. The Balaban J connectivity index is 0.00000169. The molecule has 0 saturated heterocycles. The van der Waals surface area contributed by atoms with E-state index in [1.165, 1.54) is 11.1 Å². The maximum Gasteiger partial charge on any atom is 0.336 e. The smallest absolute Gasteiger partial charge is 0.336 e. The summed E-state index contributed by atoms with van der Waals surface area (Å²) in [4.78, 5) is 16.6. The van der Waals surface area contributed by atoms with Crippen molar-refractivity contribution in [1.82, 2.24) is 0 Å². The van der Waals surface area contributed by atoms with E-state index in [4.69, 9.17) is 9.41 Å². The summed E-state index contributed by atoms with van der Waals surface area (Å²) >= 11 is 0. The molecule has 4 heteroatoms. The van der Waals surface area contributed by atoms with E-state index in [0.717, 1.165) is 35.2 Å². The van der Waals surface area contributed by atoms with Crippen LogP contribution in [0.3, 0.4) is 0 Å². The lowest BCUT2D eigenvalue weighted by atomic mass is 9.93. The SMILES string of the molecule is Cc1ccc2oc(=O)cc(CC3=NCCc4ccccc43)c2c1.Cl. The van der Waals surface area contributed by atoms with Crippen LogP contribution in [0.25, 0.3) is 11.0 Å². The number of aryl methyl sites for hydroxylation is 1. The fourth-order valence-electron chi connectivity index (χ4n) is 3.24. The Bertz CT molecular complexity index is 988. The first kappa shape index (κ1) is 16.5. The van der Waals surface area contributed by atoms with E-state index in [2.05, 4.69) is 24.3 Å². The summed E-state index contributed by atoms with van der Waals surface area (Å²) in [5.41, 5.74) is 6.06. The molecule has 0 saturated carbocycles. The first-order chi connectivity index (χ1) is 11.2. The van der Waals surface area contributed by atoms with Crippen LogP contribution in [-0.4, -0.2) is 12.3 Å². The number of hydrogen-bond donors (Lipinski definition) is 0. The molecule has 0 N–H and O–H groups in total. The van der Waals surface area contributed by atoms with Gasteiger partial charge in [-0.25, -0.2) is 4.79 Å². The predicted molar refractivity (Wildman–Crippen MR) is 99.7 cm³/mol. The second-order valence-electron chi connectivity index (χ2n) is 6.00. The van der Waals surface area contributed by atoms with Crippen LogP contribution in [0, 0.1) is 6.92 Å². The van der Waals surface area contributed by atoms with Crippen molar-refractivity contribution in [2.45, 2.75) is 19.8 Å². The second-order valence-corrected chi connectivity index (χ2v) is 6.00. The van der Waals surface area contributed by atoms with Crippen molar-refractivity contribution in [2.75, 3.05) is 6.54 Å². The molecule has 1 aliphatic heterocycles. The van der Waals surface area contributed by atoms with Crippen LogP contribution in [0.15, 0.2) is 62.7 Å². The Labute approximate surface area is 146 Å².